The number of nitrogens with zero attached hydrogens (tertiary/aromatic N) is 2. The Labute approximate surface area is 124 Å². The predicted octanol–water partition coefficient (Wildman–Crippen LogP) is 1.49. The fraction of sp³-hybridized carbons (Fsp3) is 0.533. The first-order chi connectivity index (χ1) is 10.1. The molecule has 4 N–H and O–H groups in total. The van der Waals surface area contributed by atoms with Crippen molar-refractivity contribution in [1.29, 1.82) is 0 Å². The van der Waals surface area contributed by atoms with Gasteiger partial charge in [-0.25, -0.2) is 4.39 Å². The monoisotopic (exact) mass is 294 g/mol. The zero-order valence-corrected chi connectivity index (χ0v) is 12.3. The third kappa shape index (κ3) is 4.15. The van der Waals surface area contributed by atoms with E-state index in [-0.39, 0.29) is 5.84 Å². The van der Waals surface area contributed by atoms with Crippen molar-refractivity contribution in [2.45, 2.75) is 32.4 Å². The third-order valence-electron chi connectivity index (χ3n) is 3.97. The highest BCUT2D eigenvalue weighted by molar-refractivity contribution is 5.98. The topological polar surface area (TPSA) is 73.9 Å². The van der Waals surface area contributed by atoms with Crippen LogP contribution in [0.15, 0.2) is 23.4 Å². The van der Waals surface area contributed by atoms with Gasteiger partial charge >= 0.3 is 0 Å². The Morgan fingerprint density at radius 2 is 2.19 bits per heavy atom. The van der Waals surface area contributed by atoms with Crippen LogP contribution in [-0.4, -0.2) is 41.6 Å². The Morgan fingerprint density at radius 3 is 2.86 bits per heavy atom. The summed E-state index contributed by atoms with van der Waals surface area (Å²) in [6, 6.07) is 4.81. The summed E-state index contributed by atoms with van der Waals surface area (Å²) in [7, 11) is 0. The second-order valence-electron chi connectivity index (χ2n) is 5.51. The molecule has 0 saturated carbocycles. The number of nitrogens with one attached hydrogen (secondary N) is 1. The summed E-state index contributed by atoms with van der Waals surface area (Å²) in [6.45, 7) is 5.94. The lowest BCUT2D eigenvalue weighted by atomic mass is 10.1. The second-order valence-corrected chi connectivity index (χ2v) is 5.51. The molecular weight excluding hydrogens is 271 g/mol. The van der Waals surface area contributed by atoms with Gasteiger partial charge in [-0.2, -0.15) is 0 Å². The summed E-state index contributed by atoms with van der Waals surface area (Å²) < 4.78 is 13.3. The zero-order valence-electron chi connectivity index (χ0n) is 12.3. The molecule has 1 aromatic rings. The highest BCUT2D eigenvalue weighted by Gasteiger charge is 2.17. The normalized spacial score (nSPS) is 18.1. The first-order valence-electron chi connectivity index (χ1n) is 7.33. The number of hydrogen-bond acceptors (Lipinski definition) is 4. The average molecular weight is 294 g/mol. The number of nitrogens with two attached hydrogens (primary N) is 1. The van der Waals surface area contributed by atoms with E-state index in [9.17, 15) is 4.39 Å². The van der Waals surface area contributed by atoms with Gasteiger partial charge in [0.2, 0.25) is 0 Å². The fourth-order valence-electron chi connectivity index (χ4n) is 2.72. The molecule has 0 aromatic heterocycles. The summed E-state index contributed by atoms with van der Waals surface area (Å²) in [5.74, 6) is -0.468. The SMILES string of the molecule is CC(CNCc1ccc(F)cc1/C(N)=N/O)N1CCCC1. The number of amidine groups is 1. The maximum absolute atomic E-state index is 13.3. The molecule has 116 valence electrons. The van der Waals surface area contributed by atoms with E-state index in [0.717, 1.165) is 25.2 Å². The van der Waals surface area contributed by atoms with Crippen LogP contribution in [0, 0.1) is 5.82 Å². The molecule has 0 amide bonds. The first-order valence-corrected chi connectivity index (χ1v) is 7.33. The largest absolute Gasteiger partial charge is 0.409 e. The molecule has 6 heteroatoms. The molecule has 1 fully saturated rings. The number of likely N-dealkylation sites (tertiary alicyclic amines) is 1. The van der Waals surface area contributed by atoms with Gasteiger partial charge in [0, 0.05) is 24.7 Å². The molecule has 1 aliphatic heterocycles. The van der Waals surface area contributed by atoms with Gasteiger partial charge in [0.1, 0.15) is 5.82 Å². The van der Waals surface area contributed by atoms with Crippen LogP contribution in [0.2, 0.25) is 0 Å². The van der Waals surface area contributed by atoms with Crippen molar-refractivity contribution in [2.24, 2.45) is 10.9 Å². The molecule has 1 aliphatic rings. The summed E-state index contributed by atoms with van der Waals surface area (Å²) >= 11 is 0. The maximum Gasteiger partial charge on any atom is 0.170 e. The number of halogens is 1. The number of oxime groups is 1. The lowest BCUT2D eigenvalue weighted by Crippen LogP contribution is -2.38. The summed E-state index contributed by atoms with van der Waals surface area (Å²) in [4.78, 5) is 2.46. The van der Waals surface area contributed by atoms with Crippen LogP contribution >= 0.6 is 0 Å². The minimum absolute atomic E-state index is 0.0705. The molecule has 2 rings (SSSR count). The Bertz CT molecular complexity index is 500. The van der Waals surface area contributed by atoms with Crippen LogP contribution in [0.1, 0.15) is 30.9 Å². The quantitative estimate of drug-likeness (QED) is 0.322. The number of hydrogen-bond donors (Lipinski definition) is 3. The van der Waals surface area contributed by atoms with Gasteiger partial charge in [0.05, 0.1) is 0 Å². The first kappa shape index (κ1) is 15.7. The lowest BCUT2D eigenvalue weighted by Gasteiger charge is -2.24. The molecule has 1 aromatic carbocycles. The van der Waals surface area contributed by atoms with Crippen LogP contribution in [0.3, 0.4) is 0 Å². The van der Waals surface area contributed by atoms with Crippen molar-refractivity contribution in [1.82, 2.24) is 10.2 Å². The lowest BCUT2D eigenvalue weighted by molar-refractivity contribution is 0.251. The van der Waals surface area contributed by atoms with Crippen molar-refractivity contribution < 1.29 is 9.60 Å². The van der Waals surface area contributed by atoms with Crippen LogP contribution in [0.5, 0.6) is 0 Å². The number of benzene rings is 1. The molecule has 21 heavy (non-hydrogen) atoms. The molecule has 1 saturated heterocycles. The fourth-order valence-corrected chi connectivity index (χ4v) is 2.72. The molecule has 0 radical (unpaired) electrons. The second kappa shape index (κ2) is 7.38. The van der Waals surface area contributed by atoms with Gasteiger partial charge in [-0.3, -0.25) is 4.90 Å². The van der Waals surface area contributed by atoms with E-state index >= 15 is 0 Å². The van der Waals surface area contributed by atoms with E-state index in [1.165, 1.54) is 25.0 Å². The predicted molar refractivity (Wildman–Crippen MR) is 80.9 cm³/mol. The Balaban J connectivity index is 1.93. The van der Waals surface area contributed by atoms with Crippen LogP contribution in [0.25, 0.3) is 0 Å². The Kier molecular flexibility index (Phi) is 5.52. The van der Waals surface area contributed by atoms with Crippen LogP contribution in [0.4, 0.5) is 4.39 Å². The molecule has 5 nitrogen and oxygen atoms in total. The summed E-state index contributed by atoms with van der Waals surface area (Å²) in [6.07, 6.45) is 2.55. The average Bonchev–Trinajstić information content (AvgIpc) is 3.02. The standard InChI is InChI=1S/C15H23FN4O/c1-11(20-6-2-3-7-20)9-18-10-12-4-5-13(16)8-14(12)15(17)19-21/h4-5,8,11,18,21H,2-3,6-7,9-10H2,1H3,(H2,17,19). The highest BCUT2D eigenvalue weighted by atomic mass is 19.1. The third-order valence-corrected chi connectivity index (χ3v) is 3.97. The van der Waals surface area contributed by atoms with E-state index in [2.05, 4.69) is 22.3 Å². The number of rotatable bonds is 6. The molecule has 0 spiro atoms. The molecule has 1 unspecified atom stereocenters. The summed E-state index contributed by atoms with van der Waals surface area (Å²) in [5.41, 5.74) is 6.84. The van der Waals surface area contributed by atoms with Crippen LogP contribution in [-0.2, 0) is 6.54 Å². The minimum atomic E-state index is -0.397. The van der Waals surface area contributed by atoms with Gasteiger partial charge in [-0.05, 0) is 50.6 Å². The van der Waals surface area contributed by atoms with Gasteiger partial charge in [0.15, 0.2) is 5.84 Å². The van der Waals surface area contributed by atoms with Gasteiger partial charge in [-0.15, -0.1) is 0 Å². The van der Waals surface area contributed by atoms with Crippen LogP contribution < -0.4 is 11.1 Å². The molecule has 0 aliphatic carbocycles. The van der Waals surface area contributed by atoms with Crippen molar-refractivity contribution in [3.05, 3.63) is 35.1 Å². The van der Waals surface area contributed by atoms with E-state index in [1.54, 1.807) is 6.07 Å². The van der Waals surface area contributed by atoms with E-state index in [4.69, 9.17) is 10.9 Å². The van der Waals surface area contributed by atoms with E-state index in [0.29, 0.717) is 18.2 Å². The van der Waals surface area contributed by atoms with Crippen molar-refractivity contribution in [2.75, 3.05) is 19.6 Å². The van der Waals surface area contributed by atoms with E-state index in [1.807, 2.05) is 0 Å². The van der Waals surface area contributed by atoms with E-state index < -0.39 is 5.82 Å². The van der Waals surface area contributed by atoms with Gasteiger partial charge in [-0.1, -0.05) is 11.2 Å². The molecular formula is C15H23FN4O. The van der Waals surface area contributed by atoms with Crippen molar-refractivity contribution in [3.8, 4) is 0 Å². The molecule has 0 bridgehead atoms. The zero-order chi connectivity index (χ0) is 15.2. The van der Waals surface area contributed by atoms with Crippen molar-refractivity contribution in [3.63, 3.8) is 0 Å². The van der Waals surface area contributed by atoms with Gasteiger partial charge in [0.25, 0.3) is 0 Å². The van der Waals surface area contributed by atoms with Gasteiger partial charge < -0.3 is 16.3 Å². The Hall–Kier alpha value is -1.66. The molecule has 1 atom stereocenters. The Morgan fingerprint density at radius 1 is 1.48 bits per heavy atom. The van der Waals surface area contributed by atoms with Crippen molar-refractivity contribution >= 4 is 5.84 Å². The maximum atomic E-state index is 13.3. The minimum Gasteiger partial charge on any atom is -0.409 e. The molecule has 1 heterocycles. The highest BCUT2D eigenvalue weighted by Crippen LogP contribution is 2.13. The summed E-state index contributed by atoms with van der Waals surface area (Å²) in [5, 5.41) is 15.1. The smallest absolute Gasteiger partial charge is 0.170 e.